The maximum absolute atomic E-state index is 12.1. The molecular weight excluding hydrogens is 322 g/mol. The highest BCUT2D eigenvalue weighted by atomic mass is 79.9. The Hall–Kier alpha value is -1.95. The molecule has 1 aliphatic heterocycles. The highest BCUT2D eigenvalue weighted by Crippen LogP contribution is 2.36. The minimum absolute atomic E-state index is 0.347. The van der Waals surface area contributed by atoms with Crippen molar-refractivity contribution in [2.45, 2.75) is 20.0 Å². The van der Waals surface area contributed by atoms with E-state index in [4.69, 9.17) is 0 Å². The lowest BCUT2D eigenvalue weighted by molar-refractivity contribution is -0.114. The van der Waals surface area contributed by atoms with E-state index in [1.165, 1.54) is 4.90 Å². The van der Waals surface area contributed by atoms with Crippen LogP contribution in [0.3, 0.4) is 0 Å². The van der Waals surface area contributed by atoms with Crippen LogP contribution in [-0.2, 0) is 17.9 Å². The van der Waals surface area contributed by atoms with Crippen LogP contribution in [0.4, 0.5) is 5.69 Å². The fourth-order valence-corrected chi connectivity index (χ4v) is 2.89. The molecule has 1 aromatic carbocycles. The van der Waals surface area contributed by atoms with Crippen LogP contribution in [0.15, 0.2) is 35.1 Å². The van der Waals surface area contributed by atoms with Gasteiger partial charge >= 0.3 is 0 Å². The molecule has 5 nitrogen and oxygen atoms in total. The van der Waals surface area contributed by atoms with Crippen molar-refractivity contribution in [2.24, 2.45) is 0 Å². The van der Waals surface area contributed by atoms with Crippen LogP contribution in [0, 0.1) is 0 Å². The monoisotopic (exact) mass is 333 g/mol. The lowest BCUT2D eigenvalue weighted by atomic mass is 10.1. The van der Waals surface area contributed by atoms with Crippen LogP contribution >= 0.6 is 15.9 Å². The summed E-state index contributed by atoms with van der Waals surface area (Å²) in [6, 6.07) is 5.26. The number of carbonyl (C=O) groups excluding carboxylic acids is 2. The number of rotatable bonds is 3. The van der Waals surface area contributed by atoms with Gasteiger partial charge in [-0.05, 0) is 35.0 Å². The summed E-state index contributed by atoms with van der Waals surface area (Å²) in [6.07, 6.45) is 3.60. The van der Waals surface area contributed by atoms with Gasteiger partial charge in [0.25, 0.3) is 11.7 Å². The molecule has 0 fully saturated rings. The summed E-state index contributed by atoms with van der Waals surface area (Å²) in [5.41, 5.74) is 2.00. The topological polar surface area (TPSA) is 55.2 Å². The largest absolute Gasteiger partial charge is 0.299 e. The Balaban J connectivity index is 1.98. The van der Waals surface area contributed by atoms with Crippen molar-refractivity contribution in [2.75, 3.05) is 4.90 Å². The maximum atomic E-state index is 12.1. The van der Waals surface area contributed by atoms with Crippen LogP contribution in [0.1, 0.15) is 22.8 Å². The van der Waals surface area contributed by atoms with E-state index < -0.39 is 11.7 Å². The standard InChI is InChI=1S/C14H12BrN3O2/c1-2-17-7-9(6-16-17)8-18-12-10(13(19)14(18)20)4-3-5-11(12)15/h3-7H,2,8H2,1H3. The summed E-state index contributed by atoms with van der Waals surface area (Å²) in [5, 5.41) is 4.18. The molecule has 2 aromatic rings. The number of hydrogen-bond donors (Lipinski definition) is 0. The molecular formula is C14H12BrN3O2. The van der Waals surface area contributed by atoms with Gasteiger partial charge in [-0.1, -0.05) is 6.07 Å². The highest BCUT2D eigenvalue weighted by Gasteiger charge is 2.37. The molecule has 1 amide bonds. The molecule has 3 rings (SSSR count). The molecule has 1 aliphatic rings. The van der Waals surface area contributed by atoms with Crippen molar-refractivity contribution < 1.29 is 9.59 Å². The van der Waals surface area contributed by atoms with E-state index in [1.807, 2.05) is 19.2 Å². The fraction of sp³-hybridized carbons (Fsp3) is 0.214. The smallest absolute Gasteiger partial charge is 0.299 e. The molecule has 0 atom stereocenters. The average molecular weight is 334 g/mol. The van der Waals surface area contributed by atoms with Gasteiger partial charge in [0.15, 0.2) is 0 Å². The van der Waals surface area contributed by atoms with Crippen LogP contribution in [-0.4, -0.2) is 21.5 Å². The van der Waals surface area contributed by atoms with Gasteiger partial charge in [-0.2, -0.15) is 5.10 Å². The Labute approximate surface area is 124 Å². The number of hydrogen-bond acceptors (Lipinski definition) is 3. The van der Waals surface area contributed by atoms with E-state index in [0.717, 1.165) is 16.6 Å². The zero-order valence-corrected chi connectivity index (χ0v) is 12.4. The third kappa shape index (κ3) is 1.96. The van der Waals surface area contributed by atoms with Gasteiger partial charge in [0.2, 0.25) is 0 Å². The number of para-hydroxylation sites is 1. The molecule has 0 saturated carbocycles. The molecule has 0 unspecified atom stereocenters. The third-order valence-electron chi connectivity index (χ3n) is 3.29. The van der Waals surface area contributed by atoms with E-state index in [2.05, 4.69) is 21.0 Å². The first-order valence-electron chi connectivity index (χ1n) is 6.28. The van der Waals surface area contributed by atoms with Crippen molar-refractivity contribution in [1.82, 2.24) is 9.78 Å². The number of benzene rings is 1. The second-order valence-corrected chi connectivity index (χ2v) is 5.42. The number of fused-ring (bicyclic) bond motifs is 1. The molecule has 0 N–H and O–H groups in total. The van der Waals surface area contributed by atoms with Gasteiger partial charge in [-0.3, -0.25) is 19.2 Å². The Morgan fingerprint density at radius 2 is 2.10 bits per heavy atom. The van der Waals surface area contributed by atoms with E-state index in [-0.39, 0.29) is 0 Å². The van der Waals surface area contributed by atoms with Crippen LogP contribution in [0.2, 0.25) is 0 Å². The Bertz CT molecular complexity index is 708. The third-order valence-corrected chi connectivity index (χ3v) is 3.93. The molecule has 0 bridgehead atoms. The van der Waals surface area contributed by atoms with Gasteiger partial charge in [0.05, 0.1) is 24.0 Å². The minimum Gasteiger partial charge on any atom is -0.299 e. The summed E-state index contributed by atoms with van der Waals surface area (Å²) in [6.45, 7) is 3.11. The number of nitrogens with zero attached hydrogens (tertiary/aromatic N) is 3. The first-order valence-corrected chi connectivity index (χ1v) is 7.07. The van der Waals surface area contributed by atoms with Gasteiger partial charge in [-0.25, -0.2) is 0 Å². The summed E-state index contributed by atoms with van der Waals surface area (Å²) in [4.78, 5) is 25.6. The second kappa shape index (κ2) is 4.86. The number of halogens is 1. The fourth-order valence-electron chi connectivity index (χ4n) is 2.31. The molecule has 20 heavy (non-hydrogen) atoms. The molecule has 2 heterocycles. The van der Waals surface area contributed by atoms with E-state index >= 15 is 0 Å². The van der Waals surface area contributed by atoms with E-state index in [1.54, 1.807) is 23.0 Å². The van der Waals surface area contributed by atoms with Crippen LogP contribution in [0.5, 0.6) is 0 Å². The normalized spacial score (nSPS) is 14.0. The molecule has 0 spiro atoms. The van der Waals surface area contributed by atoms with E-state index in [0.29, 0.717) is 17.8 Å². The average Bonchev–Trinajstić information content (AvgIpc) is 2.99. The van der Waals surface area contributed by atoms with Crippen molar-refractivity contribution in [1.29, 1.82) is 0 Å². The number of carbonyl (C=O) groups is 2. The summed E-state index contributed by atoms with van der Waals surface area (Å²) in [5.74, 6) is -0.944. The zero-order valence-electron chi connectivity index (χ0n) is 10.8. The Morgan fingerprint density at radius 1 is 1.30 bits per heavy atom. The number of anilines is 1. The zero-order chi connectivity index (χ0) is 14.3. The number of Topliss-reactive ketones (excluding diaryl/α,β-unsaturated/α-hetero) is 1. The SMILES string of the molecule is CCn1cc(CN2C(=O)C(=O)c3cccc(Br)c32)cn1. The number of aryl methyl sites for hydroxylation is 1. The second-order valence-electron chi connectivity index (χ2n) is 4.56. The van der Waals surface area contributed by atoms with E-state index in [9.17, 15) is 9.59 Å². The van der Waals surface area contributed by atoms with Crippen LogP contribution in [0.25, 0.3) is 0 Å². The molecule has 0 saturated heterocycles. The van der Waals surface area contributed by atoms with Crippen molar-refractivity contribution in [3.8, 4) is 0 Å². The predicted octanol–water partition coefficient (Wildman–Crippen LogP) is 2.40. The van der Waals surface area contributed by atoms with Gasteiger partial charge < -0.3 is 0 Å². The number of amides is 1. The lowest BCUT2D eigenvalue weighted by Gasteiger charge is -2.16. The Kier molecular flexibility index (Phi) is 3.17. The van der Waals surface area contributed by atoms with Crippen LogP contribution < -0.4 is 4.90 Å². The van der Waals surface area contributed by atoms with Gasteiger partial charge in [-0.15, -0.1) is 0 Å². The molecule has 102 valence electrons. The summed E-state index contributed by atoms with van der Waals surface area (Å²) < 4.78 is 2.54. The van der Waals surface area contributed by atoms with Crippen molar-refractivity contribution in [3.63, 3.8) is 0 Å². The first kappa shape index (κ1) is 13.1. The molecule has 0 aliphatic carbocycles. The molecule has 6 heteroatoms. The Morgan fingerprint density at radius 3 is 2.80 bits per heavy atom. The maximum Gasteiger partial charge on any atom is 0.299 e. The summed E-state index contributed by atoms with van der Waals surface area (Å²) >= 11 is 3.41. The van der Waals surface area contributed by atoms with Gasteiger partial charge in [0, 0.05) is 22.8 Å². The van der Waals surface area contributed by atoms with Crippen molar-refractivity contribution in [3.05, 3.63) is 46.2 Å². The molecule has 0 radical (unpaired) electrons. The number of ketones is 1. The molecule has 1 aromatic heterocycles. The predicted molar refractivity (Wildman–Crippen MR) is 77.6 cm³/mol. The first-order chi connectivity index (χ1) is 9.61. The lowest BCUT2D eigenvalue weighted by Crippen LogP contribution is -2.29. The summed E-state index contributed by atoms with van der Waals surface area (Å²) in [7, 11) is 0. The highest BCUT2D eigenvalue weighted by molar-refractivity contribution is 9.10. The quantitative estimate of drug-likeness (QED) is 0.810. The number of aromatic nitrogens is 2. The minimum atomic E-state index is -0.490. The van der Waals surface area contributed by atoms with Gasteiger partial charge in [0.1, 0.15) is 0 Å². The van der Waals surface area contributed by atoms with Crippen molar-refractivity contribution >= 4 is 33.3 Å².